The van der Waals surface area contributed by atoms with Gasteiger partial charge in [-0.05, 0) is 43.4 Å². The number of ether oxygens (including phenoxy) is 1. The molecule has 3 nitrogen and oxygen atoms in total. The van der Waals surface area contributed by atoms with Crippen molar-refractivity contribution >= 4 is 0 Å². The van der Waals surface area contributed by atoms with E-state index in [2.05, 4.69) is 36.2 Å². The highest BCUT2D eigenvalue weighted by Crippen LogP contribution is 2.31. The van der Waals surface area contributed by atoms with Crippen molar-refractivity contribution in [3.05, 3.63) is 35.4 Å². The lowest BCUT2D eigenvalue weighted by atomic mass is 9.82. The summed E-state index contributed by atoms with van der Waals surface area (Å²) < 4.78 is 4.97. The predicted octanol–water partition coefficient (Wildman–Crippen LogP) is 2.05. The van der Waals surface area contributed by atoms with Gasteiger partial charge >= 0.3 is 0 Å². The Balaban J connectivity index is 1.93. The molecule has 0 spiro atoms. The molecule has 2 atom stereocenters. The fraction of sp³-hybridized carbons (Fsp3) is 0.625. The van der Waals surface area contributed by atoms with Gasteiger partial charge in [-0.1, -0.05) is 24.3 Å². The number of benzene rings is 1. The van der Waals surface area contributed by atoms with Crippen molar-refractivity contribution in [1.29, 1.82) is 0 Å². The molecule has 1 aliphatic rings. The van der Waals surface area contributed by atoms with E-state index in [-0.39, 0.29) is 0 Å². The number of aliphatic hydroxyl groups excluding tert-OH is 1. The van der Waals surface area contributed by atoms with Crippen LogP contribution in [0.3, 0.4) is 0 Å². The lowest BCUT2D eigenvalue weighted by Crippen LogP contribution is -2.35. The summed E-state index contributed by atoms with van der Waals surface area (Å²) in [5.41, 5.74) is 3.01. The topological polar surface area (TPSA) is 32.7 Å². The van der Waals surface area contributed by atoms with Crippen molar-refractivity contribution in [2.24, 2.45) is 0 Å². The first-order chi connectivity index (χ1) is 9.20. The van der Waals surface area contributed by atoms with Crippen LogP contribution in [0.2, 0.25) is 0 Å². The van der Waals surface area contributed by atoms with E-state index in [1.807, 2.05) is 0 Å². The van der Waals surface area contributed by atoms with E-state index in [1.54, 1.807) is 7.11 Å². The number of aryl methyl sites for hydroxylation is 1. The summed E-state index contributed by atoms with van der Waals surface area (Å²) in [6.45, 7) is 2.09. The average molecular weight is 263 g/mol. The van der Waals surface area contributed by atoms with E-state index < -0.39 is 6.10 Å². The molecule has 106 valence electrons. The van der Waals surface area contributed by atoms with E-state index in [4.69, 9.17) is 4.74 Å². The minimum atomic E-state index is -0.395. The van der Waals surface area contributed by atoms with Crippen LogP contribution in [0.5, 0.6) is 0 Å². The van der Waals surface area contributed by atoms with Crippen molar-refractivity contribution in [2.45, 2.75) is 31.3 Å². The highest BCUT2D eigenvalue weighted by Gasteiger charge is 2.21. The SMILES string of the molecule is COCC(O)CN(C)CC1CCCc2ccccc21. The van der Waals surface area contributed by atoms with Crippen molar-refractivity contribution in [3.8, 4) is 0 Å². The van der Waals surface area contributed by atoms with Gasteiger partial charge in [0.15, 0.2) is 0 Å². The summed E-state index contributed by atoms with van der Waals surface area (Å²) >= 11 is 0. The summed E-state index contributed by atoms with van der Waals surface area (Å²) in [7, 11) is 3.71. The number of nitrogens with zero attached hydrogens (tertiary/aromatic N) is 1. The van der Waals surface area contributed by atoms with Crippen LogP contribution in [-0.2, 0) is 11.2 Å². The zero-order chi connectivity index (χ0) is 13.7. The third-order valence-electron chi connectivity index (χ3n) is 3.91. The van der Waals surface area contributed by atoms with Crippen molar-refractivity contribution < 1.29 is 9.84 Å². The fourth-order valence-electron chi connectivity index (χ4n) is 3.10. The Morgan fingerprint density at radius 3 is 3.00 bits per heavy atom. The molecular weight excluding hydrogens is 238 g/mol. The van der Waals surface area contributed by atoms with Gasteiger partial charge in [0, 0.05) is 20.2 Å². The van der Waals surface area contributed by atoms with Crippen LogP contribution in [0, 0.1) is 0 Å². The van der Waals surface area contributed by atoms with Gasteiger partial charge in [0.2, 0.25) is 0 Å². The maximum Gasteiger partial charge on any atom is 0.0899 e. The molecule has 0 fully saturated rings. The molecule has 2 unspecified atom stereocenters. The van der Waals surface area contributed by atoms with Gasteiger partial charge in [-0.25, -0.2) is 0 Å². The fourth-order valence-corrected chi connectivity index (χ4v) is 3.10. The first-order valence-electron chi connectivity index (χ1n) is 7.14. The number of aliphatic hydroxyl groups is 1. The number of methoxy groups -OCH3 is 1. The Kier molecular flexibility index (Phi) is 5.37. The molecule has 0 saturated heterocycles. The maximum atomic E-state index is 9.78. The van der Waals surface area contributed by atoms with E-state index in [9.17, 15) is 5.11 Å². The summed E-state index contributed by atoms with van der Waals surface area (Å²) in [5.74, 6) is 0.602. The number of fused-ring (bicyclic) bond motifs is 1. The zero-order valence-corrected chi connectivity index (χ0v) is 12.0. The Bertz CT molecular complexity index is 394. The largest absolute Gasteiger partial charge is 0.389 e. The maximum absolute atomic E-state index is 9.78. The summed E-state index contributed by atoms with van der Waals surface area (Å²) in [4.78, 5) is 2.22. The minimum absolute atomic E-state index is 0.395. The molecule has 0 heterocycles. The monoisotopic (exact) mass is 263 g/mol. The summed E-state index contributed by atoms with van der Waals surface area (Å²) in [5, 5.41) is 9.78. The van der Waals surface area contributed by atoms with Gasteiger partial charge in [0.1, 0.15) is 0 Å². The van der Waals surface area contributed by atoms with Crippen molar-refractivity contribution in [2.75, 3.05) is 33.9 Å². The Hall–Kier alpha value is -0.900. The van der Waals surface area contributed by atoms with Crippen LogP contribution in [-0.4, -0.2) is 50.0 Å². The minimum Gasteiger partial charge on any atom is -0.389 e. The van der Waals surface area contributed by atoms with E-state index in [0.29, 0.717) is 19.1 Å². The molecule has 1 aromatic rings. The predicted molar refractivity (Wildman–Crippen MR) is 77.5 cm³/mol. The van der Waals surface area contributed by atoms with Crippen LogP contribution >= 0.6 is 0 Å². The molecule has 0 aliphatic heterocycles. The molecule has 1 N–H and O–H groups in total. The van der Waals surface area contributed by atoms with Gasteiger partial charge in [0.25, 0.3) is 0 Å². The molecule has 3 heteroatoms. The van der Waals surface area contributed by atoms with Gasteiger partial charge in [0.05, 0.1) is 12.7 Å². The highest BCUT2D eigenvalue weighted by atomic mass is 16.5. The molecule has 0 aromatic heterocycles. The normalized spacial score (nSPS) is 20.3. The molecule has 0 saturated carbocycles. The van der Waals surface area contributed by atoms with Crippen LogP contribution in [0.1, 0.15) is 29.9 Å². The molecular formula is C16H25NO2. The van der Waals surface area contributed by atoms with Crippen LogP contribution in [0.4, 0.5) is 0 Å². The molecule has 0 amide bonds. The standard InChI is InChI=1S/C16H25NO2/c1-17(11-15(18)12-19-2)10-14-8-5-7-13-6-3-4-9-16(13)14/h3-4,6,9,14-15,18H,5,7-8,10-12H2,1-2H3. The second-order valence-corrected chi connectivity index (χ2v) is 5.62. The summed E-state index contributed by atoms with van der Waals surface area (Å²) in [6, 6.07) is 8.78. The Morgan fingerprint density at radius 1 is 1.42 bits per heavy atom. The second kappa shape index (κ2) is 7.04. The van der Waals surface area contributed by atoms with Gasteiger partial charge < -0.3 is 14.7 Å². The smallest absolute Gasteiger partial charge is 0.0899 e. The second-order valence-electron chi connectivity index (χ2n) is 5.62. The van der Waals surface area contributed by atoms with Crippen molar-refractivity contribution in [1.82, 2.24) is 4.90 Å². The lowest BCUT2D eigenvalue weighted by Gasteiger charge is -2.30. The third-order valence-corrected chi connectivity index (χ3v) is 3.91. The van der Waals surface area contributed by atoms with Crippen LogP contribution in [0.25, 0.3) is 0 Å². The van der Waals surface area contributed by atoms with Gasteiger partial charge in [-0.3, -0.25) is 0 Å². The Labute approximate surface area is 116 Å². The van der Waals surface area contributed by atoms with E-state index >= 15 is 0 Å². The first kappa shape index (κ1) is 14.5. The van der Waals surface area contributed by atoms with Gasteiger partial charge in [-0.2, -0.15) is 0 Å². The first-order valence-corrected chi connectivity index (χ1v) is 7.14. The molecule has 19 heavy (non-hydrogen) atoms. The lowest BCUT2D eigenvalue weighted by molar-refractivity contribution is 0.0418. The molecule has 1 aliphatic carbocycles. The van der Waals surface area contributed by atoms with E-state index in [1.165, 1.54) is 30.4 Å². The quantitative estimate of drug-likeness (QED) is 0.852. The number of hydrogen-bond acceptors (Lipinski definition) is 3. The van der Waals surface area contributed by atoms with Crippen LogP contribution < -0.4 is 0 Å². The summed E-state index contributed by atoms with van der Waals surface area (Å²) in [6.07, 6.45) is 3.34. The van der Waals surface area contributed by atoms with E-state index in [0.717, 1.165) is 6.54 Å². The molecule has 0 radical (unpaired) electrons. The highest BCUT2D eigenvalue weighted by molar-refractivity contribution is 5.32. The van der Waals surface area contributed by atoms with Gasteiger partial charge in [-0.15, -0.1) is 0 Å². The zero-order valence-electron chi connectivity index (χ0n) is 12.0. The number of rotatable bonds is 6. The number of hydrogen-bond donors (Lipinski definition) is 1. The van der Waals surface area contributed by atoms with Crippen LogP contribution in [0.15, 0.2) is 24.3 Å². The number of likely N-dealkylation sites (N-methyl/N-ethyl adjacent to an activating group) is 1. The average Bonchev–Trinajstić information content (AvgIpc) is 2.39. The third kappa shape index (κ3) is 4.03. The van der Waals surface area contributed by atoms with Crippen molar-refractivity contribution in [3.63, 3.8) is 0 Å². The molecule has 1 aromatic carbocycles. The Morgan fingerprint density at radius 2 is 2.21 bits per heavy atom. The molecule has 2 rings (SSSR count). The molecule has 0 bridgehead atoms.